The number of ketones is 1. The quantitative estimate of drug-likeness (QED) is 0.860. The van der Waals surface area contributed by atoms with Crippen LogP contribution < -0.4 is 5.32 Å². The second-order valence-electron chi connectivity index (χ2n) is 4.61. The second kappa shape index (κ2) is 6.58. The Hall–Kier alpha value is -2.08. The number of amides is 1. The Morgan fingerprint density at radius 1 is 1.24 bits per heavy atom. The second-order valence-corrected chi connectivity index (χ2v) is 5.82. The van der Waals surface area contributed by atoms with Crippen LogP contribution >= 0.6 is 11.3 Å². The standard InChI is InChI=1S/C15H15FN2O2S/c1-9-10(2)21-15(17-9)18-14(20)8-7-13(19)11-5-3-4-6-12(11)16/h3-6H,7-8H2,1-2H3,(H,17,18,20). The molecule has 0 aliphatic rings. The van der Waals surface area contributed by atoms with Gasteiger partial charge in [-0.1, -0.05) is 12.1 Å². The molecule has 110 valence electrons. The first-order valence-corrected chi connectivity index (χ1v) is 7.30. The fraction of sp³-hybridized carbons (Fsp3) is 0.267. The first-order valence-electron chi connectivity index (χ1n) is 6.49. The number of halogens is 1. The van der Waals surface area contributed by atoms with Gasteiger partial charge in [-0.3, -0.25) is 9.59 Å². The van der Waals surface area contributed by atoms with Crippen molar-refractivity contribution in [3.8, 4) is 0 Å². The number of hydrogen-bond acceptors (Lipinski definition) is 4. The summed E-state index contributed by atoms with van der Waals surface area (Å²) in [6, 6.07) is 5.76. The molecule has 2 rings (SSSR count). The van der Waals surface area contributed by atoms with Crippen molar-refractivity contribution in [2.24, 2.45) is 0 Å². The van der Waals surface area contributed by atoms with Crippen LogP contribution in [0.25, 0.3) is 0 Å². The van der Waals surface area contributed by atoms with Crippen LogP contribution in [0.3, 0.4) is 0 Å². The third-order valence-corrected chi connectivity index (χ3v) is 4.02. The predicted molar refractivity (Wildman–Crippen MR) is 80.2 cm³/mol. The normalized spacial score (nSPS) is 10.4. The zero-order valence-corrected chi connectivity index (χ0v) is 12.6. The largest absolute Gasteiger partial charge is 0.302 e. The summed E-state index contributed by atoms with van der Waals surface area (Å²) in [6.45, 7) is 3.79. The molecule has 1 N–H and O–H groups in total. The van der Waals surface area contributed by atoms with E-state index >= 15 is 0 Å². The van der Waals surface area contributed by atoms with E-state index in [-0.39, 0.29) is 30.1 Å². The van der Waals surface area contributed by atoms with Crippen molar-refractivity contribution in [2.75, 3.05) is 5.32 Å². The molecule has 0 unspecified atom stereocenters. The number of carbonyl (C=O) groups is 2. The van der Waals surface area contributed by atoms with E-state index in [2.05, 4.69) is 10.3 Å². The summed E-state index contributed by atoms with van der Waals surface area (Å²) in [5.41, 5.74) is 0.893. The molecule has 1 aromatic heterocycles. The molecule has 0 aliphatic heterocycles. The number of Topliss-reactive ketones (excluding diaryl/α,β-unsaturated/α-hetero) is 1. The summed E-state index contributed by atoms with van der Waals surface area (Å²) in [4.78, 5) is 28.8. The van der Waals surface area contributed by atoms with Gasteiger partial charge < -0.3 is 5.32 Å². The maximum Gasteiger partial charge on any atom is 0.226 e. The fourth-order valence-corrected chi connectivity index (χ4v) is 2.59. The van der Waals surface area contributed by atoms with Gasteiger partial charge in [0.15, 0.2) is 10.9 Å². The van der Waals surface area contributed by atoms with Crippen LogP contribution in [-0.4, -0.2) is 16.7 Å². The Morgan fingerprint density at radius 3 is 2.57 bits per heavy atom. The van der Waals surface area contributed by atoms with Gasteiger partial charge in [0.2, 0.25) is 5.91 Å². The number of aromatic nitrogens is 1. The van der Waals surface area contributed by atoms with Crippen molar-refractivity contribution in [2.45, 2.75) is 26.7 Å². The molecular weight excluding hydrogens is 291 g/mol. The van der Waals surface area contributed by atoms with E-state index in [0.29, 0.717) is 5.13 Å². The predicted octanol–water partition coefficient (Wildman–Crippen LogP) is 3.50. The highest BCUT2D eigenvalue weighted by atomic mass is 32.1. The minimum absolute atomic E-state index is 0.00480. The van der Waals surface area contributed by atoms with Gasteiger partial charge in [0.05, 0.1) is 11.3 Å². The lowest BCUT2D eigenvalue weighted by molar-refractivity contribution is -0.116. The molecule has 0 spiro atoms. The smallest absolute Gasteiger partial charge is 0.226 e. The van der Waals surface area contributed by atoms with Gasteiger partial charge in [-0.25, -0.2) is 9.37 Å². The monoisotopic (exact) mass is 306 g/mol. The van der Waals surface area contributed by atoms with Gasteiger partial charge in [-0.2, -0.15) is 0 Å². The van der Waals surface area contributed by atoms with Gasteiger partial charge in [0, 0.05) is 17.7 Å². The number of thiazole rings is 1. The number of benzene rings is 1. The summed E-state index contributed by atoms with van der Waals surface area (Å²) in [7, 11) is 0. The highest BCUT2D eigenvalue weighted by Gasteiger charge is 2.14. The Bertz CT molecular complexity index is 663. The molecule has 0 radical (unpaired) electrons. The zero-order valence-electron chi connectivity index (χ0n) is 11.8. The average Bonchev–Trinajstić information content (AvgIpc) is 2.75. The maximum atomic E-state index is 13.4. The summed E-state index contributed by atoms with van der Waals surface area (Å²) in [5, 5.41) is 3.17. The lowest BCUT2D eigenvalue weighted by atomic mass is 10.1. The van der Waals surface area contributed by atoms with Gasteiger partial charge >= 0.3 is 0 Å². The SMILES string of the molecule is Cc1nc(NC(=O)CCC(=O)c2ccccc2F)sc1C. The third-order valence-electron chi connectivity index (χ3n) is 3.03. The Labute approximate surface area is 126 Å². The van der Waals surface area contributed by atoms with Crippen molar-refractivity contribution in [3.05, 3.63) is 46.2 Å². The maximum absolute atomic E-state index is 13.4. The first kappa shape index (κ1) is 15.3. The Morgan fingerprint density at radius 2 is 1.95 bits per heavy atom. The van der Waals surface area contributed by atoms with E-state index in [1.165, 1.54) is 29.5 Å². The molecule has 4 nitrogen and oxygen atoms in total. The number of nitrogens with zero attached hydrogens (tertiary/aromatic N) is 1. The van der Waals surface area contributed by atoms with E-state index < -0.39 is 5.82 Å². The Kier molecular flexibility index (Phi) is 4.80. The molecule has 0 bridgehead atoms. The van der Waals surface area contributed by atoms with Crippen LogP contribution in [0.1, 0.15) is 33.8 Å². The summed E-state index contributed by atoms with van der Waals surface area (Å²) >= 11 is 1.39. The molecule has 1 amide bonds. The summed E-state index contributed by atoms with van der Waals surface area (Å²) in [5.74, 6) is -1.24. The number of carbonyl (C=O) groups excluding carboxylic acids is 2. The molecule has 21 heavy (non-hydrogen) atoms. The molecule has 0 fully saturated rings. The van der Waals surface area contributed by atoms with Crippen molar-refractivity contribution in [1.82, 2.24) is 4.98 Å². The van der Waals surface area contributed by atoms with Gasteiger partial charge in [-0.05, 0) is 26.0 Å². The van der Waals surface area contributed by atoms with Gasteiger partial charge in [0.25, 0.3) is 0 Å². The molecule has 6 heteroatoms. The van der Waals surface area contributed by atoms with Crippen molar-refractivity contribution in [1.29, 1.82) is 0 Å². The van der Waals surface area contributed by atoms with Crippen molar-refractivity contribution < 1.29 is 14.0 Å². The van der Waals surface area contributed by atoms with Gasteiger partial charge in [-0.15, -0.1) is 11.3 Å². The van der Waals surface area contributed by atoms with E-state index in [1.54, 1.807) is 6.07 Å². The van der Waals surface area contributed by atoms with Crippen molar-refractivity contribution >= 4 is 28.2 Å². The number of anilines is 1. The minimum atomic E-state index is -0.561. The zero-order chi connectivity index (χ0) is 15.4. The van der Waals surface area contributed by atoms with Crippen LogP contribution in [0.15, 0.2) is 24.3 Å². The van der Waals surface area contributed by atoms with E-state index in [4.69, 9.17) is 0 Å². The van der Waals surface area contributed by atoms with E-state index in [9.17, 15) is 14.0 Å². The van der Waals surface area contributed by atoms with E-state index in [0.717, 1.165) is 10.6 Å². The van der Waals surface area contributed by atoms with Crippen LogP contribution in [0.2, 0.25) is 0 Å². The lowest BCUT2D eigenvalue weighted by Crippen LogP contribution is -2.13. The number of nitrogens with one attached hydrogen (secondary N) is 1. The van der Waals surface area contributed by atoms with Gasteiger partial charge in [0.1, 0.15) is 5.82 Å². The van der Waals surface area contributed by atoms with Crippen LogP contribution in [0, 0.1) is 19.7 Å². The first-order chi connectivity index (χ1) is 9.97. The van der Waals surface area contributed by atoms with Crippen molar-refractivity contribution in [3.63, 3.8) is 0 Å². The number of aryl methyl sites for hydroxylation is 2. The molecule has 2 aromatic rings. The Balaban J connectivity index is 1.89. The van der Waals surface area contributed by atoms with Crippen LogP contribution in [0.4, 0.5) is 9.52 Å². The fourth-order valence-electron chi connectivity index (χ4n) is 1.76. The minimum Gasteiger partial charge on any atom is -0.302 e. The average molecular weight is 306 g/mol. The molecule has 0 saturated heterocycles. The molecule has 0 atom stereocenters. The summed E-state index contributed by atoms with van der Waals surface area (Å²) in [6.07, 6.45) is -0.0268. The topological polar surface area (TPSA) is 59.1 Å². The number of rotatable bonds is 5. The number of hydrogen-bond donors (Lipinski definition) is 1. The van der Waals surface area contributed by atoms with E-state index in [1.807, 2.05) is 13.8 Å². The van der Waals surface area contributed by atoms with Crippen LogP contribution in [0.5, 0.6) is 0 Å². The van der Waals surface area contributed by atoms with Crippen LogP contribution in [-0.2, 0) is 4.79 Å². The molecular formula is C15H15FN2O2S. The molecule has 0 saturated carbocycles. The lowest BCUT2D eigenvalue weighted by Gasteiger charge is -2.03. The highest BCUT2D eigenvalue weighted by Crippen LogP contribution is 2.21. The molecule has 0 aliphatic carbocycles. The molecule has 1 heterocycles. The summed E-state index contributed by atoms with van der Waals surface area (Å²) < 4.78 is 13.4. The highest BCUT2D eigenvalue weighted by molar-refractivity contribution is 7.15. The molecule has 1 aromatic carbocycles. The third kappa shape index (κ3) is 3.95.